The summed E-state index contributed by atoms with van der Waals surface area (Å²) in [7, 11) is 0. The number of hydrogen-bond acceptors (Lipinski definition) is 4. The van der Waals surface area contributed by atoms with Crippen molar-refractivity contribution in [3.8, 4) is 0 Å². The molecule has 0 amide bonds. The molecule has 21 heavy (non-hydrogen) atoms. The van der Waals surface area contributed by atoms with E-state index in [4.69, 9.17) is 5.11 Å². The summed E-state index contributed by atoms with van der Waals surface area (Å²) in [5, 5.41) is 13.5. The molecule has 1 aromatic carbocycles. The molecule has 0 saturated carbocycles. The fourth-order valence-corrected chi connectivity index (χ4v) is 2.80. The minimum atomic E-state index is -0.798. The lowest BCUT2D eigenvalue weighted by atomic mass is 10.00. The van der Waals surface area contributed by atoms with Crippen LogP contribution in [-0.2, 0) is 11.3 Å². The number of rotatable bonds is 6. The van der Waals surface area contributed by atoms with Crippen molar-refractivity contribution in [1.29, 1.82) is 0 Å². The van der Waals surface area contributed by atoms with E-state index >= 15 is 0 Å². The van der Waals surface area contributed by atoms with Crippen LogP contribution in [0.1, 0.15) is 46.8 Å². The molecule has 112 valence electrons. The maximum Gasteiger partial charge on any atom is 0.310 e. The van der Waals surface area contributed by atoms with Crippen molar-refractivity contribution in [2.45, 2.75) is 39.3 Å². The average molecular weight is 304 g/mol. The first-order chi connectivity index (χ1) is 9.97. The van der Waals surface area contributed by atoms with Gasteiger partial charge in [-0.05, 0) is 31.9 Å². The second kappa shape index (κ2) is 6.83. The molecule has 1 aromatic heterocycles. The van der Waals surface area contributed by atoms with Gasteiger partial charge in [0.05, 0.1) is 12.0 Å². The van der Waals surface area contributed by atoms with Crippen LogP contribution in [0.25, 0.3) is 0 Å². The quantitative estimate of drug-likeness (QED) is 0.857. The van der Waals surface area contributed by atoms with Crippen LogP contribution in [-0.4, -0.2) is 16.1 Å². The van der Waals surface area contributed by atoms with E-state index in [0.29, 0.717) is 0 Å². The van der Waals surface area contributed by atoms with Gasteiger partial charge in [0, 0.05) is 17.6 Å². The summed E-state index contributed by atoms with van der Waals surface area (Å²) in [5.41, 5.74) is 1.96. The van der Waals surface area contributed by atoms with E-state index in [-0.39, 0.29) is 6.04 Å². The van der Waals surface area contributed by atoms with E-state index in [1.165, 1.54) is 4.88 Å². The molecule has 2 atom stereocenters. The number of aliphatic carboxylic acids is 1. The Morgan fingerprint density at radius 3 is 2.52 bits per heavy atom. The Morgan fingerprint density at radius 2 is 2.00 bits per heavy atom. The second-order valence-corrected chi connectivity index (χ2v) is 6.48. The largest absolute Gasteiger partial charge is 0.481 e. The second-order valence-electron chi connectivity index (χ2n) is 5.21. The highest BCUT2D eigenvalue weighted by molar-refractivity contribution is 7.11. The number of carboxylic acid groups (broad SMARTS) is 1. The summed E-state index contributed by atoms with van der Waals surface area (Å²) in [5.74, 6) is -1.27. The number of aromatic nitrogens is 1. The zero-order valence-corrected chi connectivity index (χ0v) is 13.3. The molecular weight excluding hydrogens is 284 g/mol. The fourth-order valence-electron chi connectivity index (χ4n) is 2.00. The van der Waals surface area contributed by atoms with E-state index in [0.717, 1.165) is 22.7 Å². The van der Waals surface area contributed by atoms with Gasteiger partial charge in [-0.25, -0.2) is 4.98 Å². The number of hydrogen-bond donors (Lipinski definition) is 2. The molecule has 0 bridgehead atoms. The van der Waals surface area contributed by atoms with Gasteiger partial charge in [-0.15, -0.1) is 11.3 Å². The summed E-state index contributed by atoms with van der Waals surface area (Å²) in [6.07, 6.45) is 1.89. The van der Waals surface area contributed by atoms with Crippen molar-refractivity contribution in [3.63, 3.8) is 0 Å². The molecule has 2 aromatic rings. The van der Waals surface area contributed by atoms with Crippen molar-refractivity contribution in [1.82, 2.24) is 10.3 Å². The van der Waals surface area contributed by atoms with Crippen LogP contribution < -0.4 is 5.32 Å². The smallest absolute Gasteiger partial charge is 0.310 e. The molecule has 0 spiro atoms. The lowest BCUT2D eigenvalue weighted by Crippen LogP contribution is -2.18. The Bertz CT molecular complexity index is 607. The predicted molar refractivity (Wildman–Crippen MR) is 84.6 cm³/mol. The molecule has 2 N–H and O–H groups in total. The monoisotopic (exact) mass is 304 g/mol. The first-order valence-electron chi connectivity index (χ1n) is 6.94. The molecule has 0 aliphatic rings. The predicted octanol–water partition coefficient (Wildman–Crippen LogP) is 3.49. The lowest BCUT2D eigenvalue weighted by molar-refractivity contribution is -0.138. The van der Waals surface area contributed by atoms with Crippen LogP contribution in [0.5, 0.6) is 0 Å². The molecule has 0 aliphatic carbocycles. The molecular formula is C16H20N2O2S. The Hall–Kier alpha value is -1.72. The average Bonchev–Trinajstić information content (AvgIpc) is 2.91. The van der Waals surface area contributed by atoms with Gasteiger partial charge >= 0.3 is 5.97 Å². The third-order valence-corrected chi connectivity index (χ3v) is 4.57. The van der Waals surface area contributed by atoms with Crippen LogP contribution in [0.15, 0.2) is 30.5 Å². The van der Waals surface area contributed by atoms with Crippen LogP contribution in [0.4, 0.5) is 0 Å². The Kier molecular flexibility index (Phi) is 5.09. The Balaban J connectivity index is 1.93. The van der Waals surface area contributed by atoms with Crippen molar-refractivity contribution in [2.24, 2.45) is 0 Å². The van der Waals surface area contributed by atoms with E-state index in [2.05, 4.69) is 24.1 Å². The Morgan fingerprint density at radius 1 is 1.33 bits per heavy atom. The lowest BCUT2D eigenvalue weighted by Gasteiger charge is -2.12. The van der Waals surface area contributed by atoms with E-state index in [1.807, 2.05) is 30.5 Å². The highest BCUT2D eigenvalue weighted by Crippen LogP contribution is 2.20. The number of carboxylic acids is 1. The molecule has 4 nitrogen and oxygen atoms in total. The number of nitrogens with one attached hydrogen (secondary N) is 1. The van der Waals surface area contributed by atoms with Crippen molar-refractivity contribution in [2.75, 3.05) is 0 Å². The maximum absolute atomic E-state index is 10.9. The number of benzene rings is 1. The van der Waals surface area contributed by atoms with Crippen LogP contribution in [0, 0.1) is 6.92 Å². The van der Waals surface area contributed by atoms with Gasteiger partial charge in [0.15, 0.2) is 0 Å². The van der Waals surface area contributed by atoms with Gasteiger partial charge in [0.2, 0.25) is 0 Å². The Labute approximate surface area is 128 Å². The highest BCUT2D eigenvalue weighted by atomic mass is 32.1. The standard InChI is InChI=1S/C16H20N2O2S/c1-10-8-18-15(21-10)12(3)17-9-13-4-6-14(7-5-13)11(2)16(19)20/h4-8,11-12,17H,9H2,1-3H3,(H,19,20). The van der Waals surface area contributed by atoms with Gasteiger partial charge in [0.1, 0.15) is 5.01 Å². The van der Waals surface area contributed by atoms with Gasteiger partial charge in [-0.3, -0.25) is 4.79 Å². The molecule has 2 unspecified atom stereocenters. The highest BCUT2D eigenvalue weighted by Gasteiger charge is 2.13. The first-order valence-corrected chi connectivity index (χ1v) is 7.76. The van der Waals surface area contributed by atoms with E-state index in [9.17, 15) is 4.79 Å². The van der Waals surface area contributed by atoms with E-state index < -0.39 is 11.9 Å². The first kappa shape index (κ1) is 15.7. The van der Waals surface area contributed by atoms with Gasteiger partial charge in [-0.2, -0.15) is 0 Å². The summed E-state index contributed by atoms with van der Waals surface area (Å²) in [6.45, 7) is 6.58. The molecule has 2 rings (SSSR count). The van der Waals surface area contributed by atoms with E-state index in [1.54, 1.807) is 18.3 Å². The van der Waals surface area contributed by atoms with Gasteiger partial charge < -0.3 is 10.4 Å². The van der Waals surface area contributed by atoms with Crippen molar-refractivity contribution >= 4 is 17.3 Å². The third-order valence-electron chi connectivity index (χ3n) is 3.47. The maximum atomic E-state index is 10.9. The fraction of sp³-hybridized carbons (Fsp3) is 0.375. The van der Waals surface area contributed by atoms with Crippen molar-refractivity contribution < 1.29 is 9.90 Å². The summed E-state index contributed by atoms with van der Waals surface area (Å²) >= 11 is 1.70. The summed E-state index contributed by atoms with van der Waals surface area (Å²) < 4.78 is 0. The van der Waals surface area contributed by atoms with Crippen LogP contribution in [0.3, 0.4) is 0 Å². The third kappa shape index (κ3) is 4.12. The molecule has 0 aliphatic heterocycles. The molecule has 0 saturated heterocycles. The minimum Gasteiger partial charge on any atom is -0.481 e. The molecule has 1 heterocycles. The molecule has 5 heteroatoms. The number of nitrogens with zero attached hydrogens (tertiary/aromatic N) is 1. The zero-order chi connectivity index (χ0) is 15.4. The SMILES string of the molecule is Cc1cnc(C(C)NCc2ccc(C(C)C(=O)O)cc2)s1. The molecule has 0 fully saturated rings. The van der Waals surface area contributed by atoms with Crippen LogP contribution >= 0.6 is 11.3 Å². The minimum absolute atomic E-state index is 0.210. The molecule has 0 radical (unpaired) electrons. The number of carbonyl (C=O) groups is 1. The number of aryl methyl sites for hydroxylation is 1. The zero-order valence-electron chi connectivity index (χ0n) is 12.5. The summed E-state index contributed by atoms with van der Waals surface area (Å²) in [4.78, 5) is 16.5. The van der Waals surface area contributed by atoms with Crippen molar-refractivity contribution in [3.05, 3.63) is 51.5 Å². The number of thiazole rings is 1. The van der Waals surface area contributed by atoms with Gasteiger partial charge in [0.25, 0.3) is 0 Å². The summed E-state index contributed by atoms with van der Waals surface area (Å²) in [6, 6.07) is 7.92. The normalized spacial score (nSPS) is 13.9. The van der Waals surface area contributed by atoms with Crippen LogP contribution in [0.2, 0.25) is 0 Å². The topological polar surface area (TPSA) is 62.2 Å². The van der Waals surface area contributed by atoms with Gasteiger partial charge in [-0.1, -0.05) is 24.3 Å².